The van der Waals surface area contributed by atoms with Crippen LogP contribution in [-0.2, 0) is 25.5 Å². The van der Waals surface area contributed by atoms with Crippen molar-refractivity contribution in [2.45, 2.75) is 103 Å². The molecule has 1 heterocycles. The Morgan fingerprint density at radius 2 is 1.75 bits per heavy atom. The number of carbonyl (C=O) groups excluding carboxylic acids is 2. The van der Waals surface area contributed by atoms with Crippen LogP contribution in [0.4, 0.5) is 0 Å². The zero-order valence-electron chi connectivity index (χ0n) is 24.1. The van der Waals surface area contributed by atoms with Crippen LogP contribution in [0.15, 0.2) is 30.1 Å². The number of rotatable bonds is 15. The van der Waals surface area contributed by atoms with Gasteiger partial charge in [-0.25, -0.2) is 0 Å². The van der Waals surface area contributed by atoms with Crippen LogP contribution in [0.2, 0.25) is 0 Å². The molecule has 40 heavy (non-hydrogen) atoms. The summed E-state index contributed by atoms with van der Waals surface area (Å²) < 4.78 is 17.5. The average Bonchev–Trinajstić information content (AvgIpc) is 3.41. The van der Waals surface area contributed by atoms with Crippen molar-refractivity contribution < 1.29 is 34.0 Å². The number of phenols is 1. The number of hydrogen-bond donors (Lipinski definition) is 4. The number of aliphatic hydroxyl groups is 1. The van der Waals surface area contributed by atoms with Gasteiger partial charge in [0.05, 0.1) is 11.9 Å². The average molecular weight is 559 g/mol. The van der Waals surface area contributed by atoms with Gasteiger partial charge in [-0.15, -0.1) is 0 Å². The Labute approximate surface area is 237 Å². The molecule has 222 valence electrons. The number of hydrogen-bond acceptors (Lipinski definition) is 9. The van der Waals surface area contributed by atoms with E-state index in [0.717, 1.165) is 48.8 Å². The van der Waals surface area contributed by atoms with E-state index in [1.54, 1.807) is 6.07 Å². The van der Waals surface area contributed by atoms with Crippen LogP contribution in [0.1, 0.15) is 89.7 Å². The number of aryl methyl sites for hydroxylation is 1. The van der Waals surface area contributed by atoms with E-state index < -0.39 is 18.2 Å². The summed E-state index contributed by atoms with van der Waals surface area (Å²) >= 11 is 0. The number of benzene rings is 1. The van der Waals surface area contributed by atoms with Gasteiger partial charge < -0.3 is 35.5 Å². The van der Waals surface area contributed by atoms with E-state index in [1.807, 2.05) is 25.1 Å². The number of aromatic hydroxyl groups is 1. The highest BCUT2D eigenvalue weighted by Gasteiger charge is 2.25. The maximum Gasteiger partial charge on any atom is 0.302 e. The Bertz CT molecular complexity index is 1060. The van der Waals surface area contributed by atoms with Crippen molar-refractivity contribution in [3.05, 3.63) is 41.2 Å². The standard InChI is InChI=1S/C31H46N2O7/c1-4-22(19-34)9-11-26(38-20(2)35)17-27(39-21(3)36)12-10-23-15-30(40-25-7-5-6-8-25)29(37)18-28(23)24-13-14-33-31(32)16-24/h13,15-16,18,22,25-27,33-34,37H,4-12,14,17,19,32H2,1-3H3. The summed E-state index contributed by atoms with van der Waals surface area (Å²) in [4.78, 5) is 23.9. The molecule has 0 bridgehead atoms. The van der Waals surface area contributed by atoms with Gasteiger partial charge in [-0.2, -0.15) is 0 Å². The number of nitrogens with one attached hydrogen (secondary N) is 1. The van der Waals surface area contributed by atoms with E-state index in [9.17, 15) is 19.8 Å². The van der Waals surface area contributed by atoms with Crippen LogP contribution in [0.3, 0.4) is 0 Å². The van der Waals surface area contributed by atoms with Crippen LogP contribution in [0.5, 0.6) is 11.5 Å². The second-order valence-electron chi connectivity index (χ2n) is 10.9. The molecule has 9 nitrogen and oxygen atoms in total. The molecule has 3 atom stereocenters. The summed E-state index contributed by atoms with van der Waals surface area (Å²) in [5.74, 6) is 0.416. The molecule has 0 amide bonds. The zero-order valence-corrected chi connectivity index (χ0v) is 24.1. The van der Waals surface area contributed by atoms with Gasteiger partial charge in [-0.3, -0.25) is 9.59 Å². The molecule has 0 radical (unpaired) electrons. The molecule has 0 aromatic heterocycles. The lowest BCUT2D eigenvalue weighted by molar-refractivity contribution is -0.153. The van der Waals surface area contributed by atoms with Crippen LogP contribution in [0.25, 0.3) is 5.57 Å². The van der Waals surface area contributed by atoms with E-state index >= 15 is 0 Å². The molecule has 2 aliphatic rings. The first kappa shape index (κ1) is 31.3. The van der Waals surface area contributed by atoms with Crippen molar-refractivity contribution in [3.8, 4) is 11.5 Å². The van der Waals surface area contributed by atoms with Gasteiger partial charge in [0.15, 0.2) is 11.5 Å². The Balaban J connectivity index is 1.83. The molecule has 1 aliphatic carbocycles. The quantitative estimate of drug-likeness (QED) is 0.229. The van der Waals surface area contributed by atoms with Gasteiger partial charge in [0.2, 0.25) is 0 Å². The second kappa shape index (κ2) is 15.6. The third-order valence-electron chi connectivity index (χ3n) is 7.69. The summed E-state index contributed by atoms with van der Waals surface area (Å²) in [5, 5.41) is 23.5. The Morgan fingerprint density at radius 3 is 2.35 bits per heavy atom. The first-order valence-corrected chi connectivity index (χ1v) is 14.6. The zero-order chi connectivity index (χ0) is 29.1. The van der Waals surface area contributed by atoms with Gasteiger partial charge in [-0.05, 0) is 92.2 Å². The predicted octanol–water partition coefficient (Wildman–Crippen LogP) is 4.49. The smallest absolute Gasteiger partial charge is 0.302 e. The summed E-state index contributed by atoms with van der Waals surface area (Å²) in [6, 6.07) is 3.61. The minimum Gasteiger partial charge on any atom is -0.504 e. The summed E-state index contributed by atoms with van der Waals surface area (Å²) in [6.45, 7) is 5.42. The molecular formula is C31H46N2O7. The molecule has 1 aliphatic heterocycles. The third-order valence-corrected chi connectivity index (χ3v) is 7.69. The minimum atomic E-state index is -0.487. The fraction of sp³-hybridized carbons (Fsp3) is 0.613. The van der Waals surface area contributed by atoms with Crippen molar-refractivity contribution in [2.75, 3.05) is 13.2 Å². The lowest BCUT2D eigenvalue weighted by Gasteiger charge is -2.25. The third kappa shape index (κ3) is 9.77. The molecule has 1 saturated carbocycles. The second-order valence-corrected chi connectivity index (χ2v) is 10.9. The topological polar surface area (TPSA) is 140 Å². The van der Waals surface area contributed by atoms with E-state index in [1.165, 1.54) is 13.8 Å². The van der Waals surface area contributed by atoms with Gasteiger partial charge >= 0.3 is 11.9 Å². The molecule has 0 saturated heterocycles. The van der Waals surface area contributed by atoms with E-state index in [0.29, 0.717) is 50.2 Å². The fourth-order valence-electron chi connectivity index (χ4n) is 5.49. The van der Waals surface area contributed by atoms with Crippen LogP contribution < -0.4 is 15.8 Å². The summed E-state index contributed by atoms with van der Waals surface area (Å²) in [6.07, 6.45) is 10.7. The van der Waals surface area contributed by atoms with Crippen molar-refractivity contribution in [3.63, 3.8) is 0 Å². The summed E-state index contributed by atoms with van der Waals surface area (Å²) in [5.41, 5.74) is 8.71. The molecule has 1 aromatic carbocycles. The first-order valence-electron chi connectivity index (χ1n) is 14.6. The number of allylic oxidation sites excluding steroid dienone is 2. The monoisotopic (exact) mass is 558 g/mol. The number of esters is 2. The molecule has 1 aromatic rings. The maximum absolute atomic E-state index is 12.0. The van der Waals surface area contributed by atoms with Gasteiger partial charge in [0.25, 0.3) is 0 Å². The van der Waals surface area contributed by atoms with E-state index in [2.05, 4.69) is 5.32 Å². The number of carbonyl (C=O) groups is 2. The van der Waals surface area contributed by atoms with Gasteiger partial charge in [0.1, 0.15) is 12.2 Å². The number of dihydropyridines is 1. The number of phenolic OH excluding ortho intramolecular Hbond substituents is 1. The number of ether oxygens (including phenoxy) is 3. The number of nitrogens with two attached hydrogens (primary N) is 1. The van der Waals surface area contributed by atoms with Crippen molar-refractivity contribution in [1.82, 2.24) is 5.32 Å². The Kier molecular flexibility index (Phi) is 12.2. The maximum atomic E-state index is 12.0. The number of aliphatic hydroxyl groups excluding tert-OH is 1. The normalized spacial score (nSPS) is 17.7. The van der Waals surface area contributed by atoms with Crippen molar-refractivity contribution >= 4 is 17.5 Å². The summed E-state index contributed by atoms with van der Waals surface area (Å²) in [7, 11) is 0. The molecule has 1 fully saturated rings. The highest BCUT2D eigenvalue weighted by Crippen LogP contribution is 2.37. The molecule has 9 heteroatoms. The highest BCUT2D eigenvalue weighted by molar-refractivity contribution is 5.79. The van der Waals surface area contributed by atoms with E-state index in [-0.39, 0.29) is 30.3 Å². The Morgan fingerprint density at radius 1 is 1.07 bits per heavy atom. The predicted molar refractivity (Wildman–Crippen MR) is 153 cm³/mol. The highest BCUT2D eigenvalue weighted by atomic mass is 16.6. The minimum absolute atomic E-state index is 0.0793. The van der Waals surface area contributed by atoms with Gasteiger partial charge in [0, 0.05) is 33.4 Å². The largest absolute Gasteiger partial charge is 0.504 e. The van der Waals surface area contributed by atoms with E-state index in [4.69, 9.17) is 19.9 Å². The van der Waals surface area contributed by atoms with Crippen LogP contribution >= 0.6 is 0 Å². The molecule has 5 N–H and O–H groups in total. The van der Waals surface area contributed by atoms with Crippen molar-refractivity contribution in [2.24, 2.45) is 11.7 Å². The molecular weight excluding hydrogens is 512 g/mol. The lowest BCUT2D eigenvalue weighted by atomic mass is 9.91. The fourth-order valence-corrected chi connectivity index (χ4v) is 5.49. The SMILES string of the molecule is CCC(CO)CCC(CC(CCc1cc(OC2CCCC2)c(O)cc1C1=CCNC(N)=C1)OC(C)=O)OC(C)=O. The molecule has 3 unspecified atom stereocenters. The van der Waals surface area contributed by atoms with Crippen LogP contribution in [0, 0.1) is 5.92 Å². The molecule has 3 rings (SSSR count). The van der Waals surface area contributed by atoms with Crippen LogP contribution in [-0.4, -0.2) is 53.6 Å². The first-order chi connectivity index (χ1) is 19.2. The van der Waals surface area contributed by atoms with Gasteiger partial charge in [-0.1, -0.05) is 19.4 Å². The lowest BCUT2D eigenvalue weighted by Crippen LogP contribution is -2.27. The Hall–Kier alpha value is -3.20. The van der Waals surface area contributed by atoms with Crippen molar-refractivity contribution in [1.29, 1.82) is 0 Å². The molecule has 0 spiro atoms.